The molecule has 0 aliphatic rings. The predicted molar refractivity (Wildman–Crippen MR) is 89.2 cm³/mol. The zero-order valence-corrected chi connectivity index (χ0v) is 13.5. The lowest BCUT2D eigenvalue weighted by atomic mass is 10.1. The number of methoxy groups -OCH3 is 2. The molecule has 0 bridgehead atoms. The number of nitrogens with zero attached hydrogens (tertiary/aromatic N) is 2. The fourth-order valence-corrected chi connectivity index (χ4v) is 2.13. The first kappa shape index (κ1) is 17.3. The van der Waals surface area contributed by atoms with Crippen molar-refractivity contribution in [3.05, 3.63) is 53.3 Å². The first-order chi connectivity index (χ1) is 11.7. The number of hydrogen-bond donors (Lipinski definition) is 2. The van der Waals surface area contributed by atoms with E-state index < -0.39 is 0 Å². The normalized spacial score (nSPS) is 10.6. The highest BCUT2D eigenvalue weighted by Gasteiger charge is 2.07. The van der Waals surface area contributed by atoms with E-state index in [1.807, 2.05) is 18.2 Å². The van der Waals surface area contributed by atoms with Crippen molar-refractivity contribution in [3.63, 3.8) is 0 Å². The highest BCUT2D eigenvalue weighted by atomic mass is 16.5. The fourth-order valence-electron chi connectivity index (χ4n) is 2.13. The first-order valence-electron chi connectivity index (χ1n) is 7.30. The lowest BCUT2D eigenvalue weighted by Crippen LogP contribution is -2.25. The molecule has 1 aromatic heterocycles. The molecule has 0 radical (unpaired) electrons. The summed E-state index contributed by atoms with van der Waals surface area (Å²) in [4.78, 5) is 16.0. The monoisotopic (exact) mass is 329 g/mol. The lowest BCUT2D eigenvalue weighted by molar-refractivity contribution is 0.0954. The summed E-state index contributed by atoms with van der Waals surface area (Å²) in [7, 11) is 3.17. The number of benzene rings is 1. The van der Waals surface area contributed by atoms with Gasteiger partial charge in [0, 0.05) is 12.7 Å². The van der Waals surface area contributed by atoms with Gasteiger partial charge in [0.05, 0.1) is 31.7 Å². The van der Waals surface area contributed by atoms with E-state index in [1.165, 1.54) is 12.4 Å². The molecular weight excluding hydrogens is 310 g/mol. The van der Waals surface area contributed by atoms with Crippen molar-refractivity contribution >= 4 is 12.1 Å². The average molecular weight is 329 g/mol. The molecule has 0 atom stereocenters. The highest BCUT2D eigenvalue weighted by molar-refractivity contribution is 5.94. The Kier molecular flexibility index (Phi) is 6.13. The molecule has 2 rings (SSSR count). The maximum absolute atomic E-state index is 12.0. The molecule has 0 spiro atoms. The maximum atomic E-state index is 12.0. The van der Waals surface area contributed by atoms with E-state index in [4.69, 9.17) is 14.7 Å². The van der Waals surface area contributed by atoms with Crippen molar-refractivity contribution in [2.75, 3.05) is 20.8 Å². The summed E-state index contributed by atoms with van der Waals surface area (Å²) < 4.78 is 10.4. The third kappa shape index (κ3) is 4.45. The Labute approximate surface area is 139 Å². The number of rotatable bonds is 7. The van der Waals surface area contributed by atoms with Gasteiger partial charge in [0.25, 0.3) is 5.91 Å². The van der Waals surface area contributed by atoms with Crippen molar-refractivity contribution in [2.45, 2.75) is 6.42 Å². The quantitative estimate of drug-likeness (QED) is 0.459. The van der Waals surface area contributed by atoms with Crippen LogP contribution in [0, 0.1) is 0 Å². The number of amides is 1. The van der Waals surface area contributed by atoms with Gasteiger partial charge >= 0.3 is 0 Å². The van der Waals surface area contributed by atoms with Gasteiger partial charge in [0.15, 0.2) is 11.5 Å². The van der Waals surface area contributed by atoms with Gasteiger partial charge < -0.3 is 20.0 Å². The standard InChI is InChI=1S/C17H19N3O4/c1-23-15-6-3-12(9-16(15)24-2)7-8-18-17(21)13-4-5-14(11-20-22)19-10-13/h3-6,9-11,22H,7-8H2,1-2H3,(H,18,21)/b20-11+. The van der Waals surface area contributed by atoms with Gasteiger partial charge in [-0.05, 0) is 36.2 Å². The second-order valence-electron chi connectivity index (χ2n) is 4.91. The molecule has 0 aliphatic heterocycles. The summed E-state index contributed by atoms with van der Waals surface area (Å²) in [6, 6.07) is 8.87. The van der Waals surface area contributed by atoms with Gasteiger partial charge in [0.2, 0.25) is 0 Å². The molecule has 0 aliphatic carbocycles. The number of carbonyl (C=O) groups excluding carboxylic acids is 1. The summed E-state index contributed by atoms with van der Waals surface area (Å²) in [6.07, 6.45) is 3.29. The van der Waals surface area contributed by atoms with Crippen molar-refractivity contribution in [1.29, 1.82) is 0 Å². The van der Waals surface area contributed by atoms with E-state index in [0.29, 0.717) is 35.7 Å². The van der Waals surface area contributed by atoms with Crippen LogP contribution in [0.15, 0.2) is 41.7 Å². The van der Waals surface area contributed by atoms with E-state index >= 15 is 0 Å². The fraction of sp³-hybridized carbons (Fsp3) is 0.235. The van der Waals surface area contributed by atoms with Crippen molar-refractivity contribution in [3.8, 4) is 11.5 Å². The molecule has 1 aromatic carbocycles. The minimum absolute atomic E-state index is 0.213. The van der Waals surface area contributed by atoms with Crippen molar-refractivity contribution in [2.24, 2.45) is 5.16 Å². The maximum Gasteiger partial charge on any atom is 0.252 e. The van der Waals surface area contributed by atoms with E-state index in [9.17, 15) is 4.79 Å². The predicted octanol–water partition coefficient (Wildman–Crippen LogP) is 1.88. The van der Waals surface area contributed by atoms with Crippen molar-refractivity contribution < 1.29 is 19.5 Å². The number of pyridine rings is 1. The SMILES string of the molecule is COc1ccc(CCNC(=O)c2ccc(/C=N/O)nc2)cc1OC. The van der Waals surface area contributed by atoms with Crippen LogP contribution in [0.25, 0.3) is 0 Å². The molecule has 1 heterocycles. The topological polar surface area (TPSA) is 93.0 Å². The Balaban J connectivity index is 1.90. The van der Waals surface area contributed by atoms with Gasteiger partial charge in [-0.25, -0.2) is 0 Å². The van der Waals surface area contributed by atoms with Gasteiger partial charge in [-0.15, -0.1) is 0 Å². The van der Waals surface area contributed by atoms with Crippen LogP contribution >= 0.6 is 0 Å². The molecule has 2 N–H and O–H groups in total. The van der Waals surface area contributed by atoms with E-state index in [0.717, 1.165) is 5.56 Å². The second kappa shape index (κ2) is 8.52. The summed E-state index contributed by atoms with van der Waals surface area (Å²) in [5.74, 6) is 1.12. The molecule has 0 fully saturated rings. The summed E-state index contributed by atoms with van der Waals surface area (Å²) in [6.45, 7) is 0.480. The van der Waals surface area contributed by atoms with E-state index in [1.54, 1.807) is 26.4 Å². The number of aromatic nitrogens is 1. The Hall–Kier alpha value is -3.09. The van der Waals surface area contributed by atoms with Gasteiger partial charge in [-0.2, -0.15) is 0 Å². The van der Waals surface area contributed by atoms with Crippen LogP contribution < -0.4 is 14.8 Å². The summed E-state index contributed by atoms with van der Waals surface area (Å²) >= 11 is 0. The number of hydrogen-bond acceptors (Lipinski definition) is 6. The molecular formula is C17H19N3O4. The molecule has 0 unspecified atom stereocenters. The van der Waals surface area contributed by atoms with Crippen LogP contribution in [0.1, 0.15) is 21.6 Å². The number of carbonyl (C=O) groups is 1. The van der Waals surface area contributed by atoms with Crippen LogP contribution in [0.4, 0.5) is 0 Å². The van der Waals surface area contributed by atoms with Crippen LogP contribution in [0.3, 0.4) is 0 Å². The van der Waals surface area contributed by atoms with Gasteiger partial charge in [0.1, 0.15) is 0 Å². The largest absolute Gasteiger partial charge is 0.493 e. The van der Waals surface area contributed by atoms with Crippen LogP contribution in [0.5, 0.6) is 11.5 Å². The second-order valence-corrected chi connectivity index (χ2v) is 4.91. The molecule has 2 aromatic rings. The molecule has 0 saturated carbocycles. The van der Waals surface area contributed by atoms with Crippen LogP contribution in [0.2, 0.25) is 0 Å². The number of ether oxygens (including phenoxy) is 2. The van der Waals surface area contributed by atoms with Crippen LogP contribution in [-0.4, -0.2) is 43.1 Å². The third-order valence-corrected chi connectivity index (χ3v) is 3.39. The zero-order chi connectivity index (χ0) is 17.4. The minimum Gasteiger partial charge on any atom is -0.493 e. The van der Waals surface area contributed by atoms with Gasteiger partial charge in [-0.1, -0.05) is 11.2 Å². The smallest absolute Gasteiger partial charge is 0.252 e. The molecule has 0 saturated heterocycles. The van der Waals surface area contributed by atoms with Crippen LogP contribution in [-0.2, 0) is 6.42 Å². The Bertz CT molecular complexity index is 714. The lowest BCUT2D eigenvalue weighted by Gasteiger charge is -2.10. The Morgan fingerprint density at radius 2 is 2.04 bits per heavy atom. The third-order valence-electron chi connectivity index (χ3n) is 3.39. The van der Waals surface area contributed by atoms with E-state index in [-0.39, 0.29) is 5.91 Å². The number of oxime groups is 1. The van der Waals surface area contributed by atoms with E-state index in [2.05, 4.69) is 15.5 Å². The van der Waals surface area contributed by atoms with Gasteiger partial charge in [-0.3, -0.25) is 9.78 Å². The van der Waals surface area contributed by atoms with Crippen molar-refractivity contribution in [1.82, 2.24) is 10.3 Å². The minimum atomic E-state index is -0.213. The average Bonchev–Trinajstić information content (AvgIpc) is 2.62. The number of nitrogens with one attached hydrogen (secondary N) is 1. The summed E-state index contributed by atoms with van der Waals surface area (Å²) in [5, 5.41) is 14.1. The molecule has 24 heavy (non-hydrogen) atoms. The molecule has 1 amide bonds. The zero-order valence-electron chi connectivity index (χ0n) is 13.5. The first-order valence-corrected chi connectivity index (χ1v) is 7.30. The molecule has 7 nitrogen and oxygen atoms in total. The summed E-state index contributed by atoms with van der Waals surface area (Å²) in [5.41, 5.74) is 1.94. The Morgan fingerprint density at radius 1 is 1.25 bits per heavy atom. The Morgan fingerprint density at radius 3 is 2.67 bits per heavy atom. The highest BCUT2D eigenvalue weighted by Crippen LogP contribution is 2.27. The molecule has 126 valence electrons. The molecule has 7 heteroatoms.